The van der Waals surface area contributed by atoms with Crippen LogP contribution in [0, 0.1) is 0 Å². The summed E-state index contributed by atoms with van der Waals surface area (Å²) in [5.41, 5.74) is 5.00. The summed E-state index contributed by atoms with van der Waals surface area (Å²) in [6.07, 6.45) is 0. The highest BCUT2D eigenvalue weighted by Gasteiger charge is 2.43. The Morgan fingerprint density at radius 1 is 0.357 bits per heavy atom. The molecule has 3 atom stereocenters. The van der Waals surface area contributed by atoms with Gasteiger partial charge in [-0.15, -0.1) is 0 Å². The molecule has 476 valence electrons. The first kappa shape index (κ1) is 61.5. The van der Waals surface area contributed by atoms with Crippen LogP contribution in [-0.4, -0.2) is 11.9 Å². The molecular formula is C82H55O13P3. The zero-order valence-corrected chi connectivity index (χ0v) is 54.7. The minimum absolute atomic E-state index is 0.0143. The third-order valence-electron chi connectivity index (χ3n) is 17.7. The Labute approximate surface area is 563 Å². The van der Waals surface area contributed by atoms with Gasteiger partial charge in [0.05, 0.1) is 27.0 Å². The zero-order chi connectivity index (χ0) is 66.4. The first-order chi connectivity index (χ1) is 48.0. The Hall–Kier alpha value is -11.4. The molecule has 16 heteroatoms. The van der Waals surface area contributed by atoms with Crippen molar-refractivity contribution in [1.29, 1.82) is 0 Å². The second kappa shape index (κ2) is 25.6. The summed E-state index contributed by atoms with van der Waals surface area (Å²) in [7, 11) is -11.8. The summed E-state index contributed by atoms with van der Waals surface area (Å²) < 4.78 is 73.0. The SMILES string of the molecule is O=C(Oc1ccc(OOCc2cccc3ccccc23)c(P2(=O)Oc3ccccc3-c3ccccc32)c1)c1ccc(P(=O)(c2ccc(COOc3ccc(OC(=O)c4cccc5ccccc45)c(P4(=O)Oc5ccccc5-c5ccccc54)c3)cc2)c2ccc3ccccc3c2)cc1. The van der Waals surface area contributed by atoms with E-state index in [1.165, 1.54) is 24.3 Å². The van der Waals surface area contributed by atoms with Crippen molar-refractivity contribution in [3.8, 4) is 56.8 Å². The van der Waals surface area contributed by atoms with Crippen LogP contribution in [0.1, 0.15) is 31.8 Å². The maximum Gasteiger partial charge on any atom is 0.344 e. The third kappa shape index (κ3) is 11.3. The number of esters is 2. The average molecular weight is 1340 g/mol. The van der Waals surface area contributed by atoms with Gasteiger partial charge >= 0.3 is 26.7 Å². The summed E-state index contributed by atoms with van der Waals surface area (Å²) in [5.74, 6) is -0.236. The molecule has 0 spiro atoms. The summed E-state index contributed by atoms with van der Waals surface area (Å²) >= 11 is 0. The number of rotatable bonds is 17. The van der Waals surface area contributed by atoms with E-state index in [0.29, 0.717) is 60.1 Å². The molecule has 0 radical (unpaired) electrons. The normalized spacial score (nSPS) is 15.6. The van der Waals surface area contributed by atoms with E-state index in [1.54, 1.807) is 115 Å². The van der Waals surface area contributed by atoms with Gasteiger partial charge in [-0.1, -0.05) is 224 Å². The second-order valence-electron chi connectivity index (χ2n) is 23.6. The molecular weight excluding hydrogens is 1290 g/mol. The number of carbonyl (C=O) groups is 2. The van der Waals surface area contributed by atoms with Crippen molar-refractivity contribution in [2.75, 3.05) is 0 Å². The Morgan fingerprint density at radius 3 is 1.54 bits per heavy atom. The Balaban J connectivity index is 0.670. The van der Waals surface area contributed by atoms with Gasteiger partial charge in [0.25, 0.3) is 0 Å². The molecule has 3 unspecified atom stereocenters. The van der Waals surface area contributed by atoms with Crippen molar-refractivity contribution in [3.63, 3.8) is 0 Å². The summed E-state index contributed by atoms with van der Waals surface area (Å²) in [4.78, 5) is 52.3. The van der Waals surface area contributed by atoms with Crippen molar-refractivity contribution in [1.82, 2.24) is 0 Å². The predicted molar refractivity (Wildman–Crippen MR) is 384 cm³/mol. The maximum atomic E-state index is 16.2. The van der Waals surface area contributed by atoms with Crippen LogP contribution in [0.3, 0.4) is 0 Å². The largest absolute Gasteiger partial charge is 0.436 e. The van der Waals surface area contributed by atoms with Crippen LogP contribution in [0.2, 0.25) is 0 Å². The lowest BCUT2D eigenvalue weighted by atomic mass is 10.0. The fourth-order valence-corrected chi connectivity index (χ4v) is 20.2. The van der Waals surface area contributed by atoms with Gasteiger partial charge in [0.15, 0.2) is 18.6 Å². The molecule has 0 aromatic heterocycles. The Bertz CT molecular complexity index is 5650. The van der Waals surface area contributed by atoms with Gasteiger partial charge in [0.1, 0.15) is 41.5 Å². The van der Waals surface area contributed by atoms with Crippen molar-refractivity contribution >= 4 is 103 Å². The predicted octanol–water partition coefficient (Wildman–Crippen LogP) is 16.8. The molecule has 0 saturated carbocycles. The van der Waals surface area contributed by atoms with E-state index >= 15 is 13.7 Å². The lowest BCUT2D eigenvalue weighted by molar-refractivity contribution is -0.217. The topological polar surface area (TPSA) is 159 Å². The summed E-state index contributed by atoms with van der Waals surface area (Å²) in [6, 6.07) is 92.4. The van der Waals surface area contributed by atoms with Crippen LogP contribution in [0.25, 0.3) is 54.6 Å². The summed E-state index contributed by atoms with van der Waals surface area (Å²) in [6.45, 7) is -0.00704. The van der Waals surface area contributed by atoms with E-state index in [2.05, 4.69) is 0 Å². The molecule has 2 heterocycles. The van der Waals surface area contributed by atoms with E-state index in [1.807, 2.05) is 170 Å². The molecule has 0 saturated heterocycles. The maximum absolute atomic E-state index is 16.2. The zero-order valence-electron chi connectivity index (χ0n) is 52.0. The molecule has 2 aliphatic heterocycles. The highest BCUT2D eigenvalue weighted by molar-refractivity contribution is 7.85. The van der Waals surface area contributed by atoms with E-state index in [4.69, 9.17) is 38.1 Å². The van der Waals surface area contributed by atoms with Gasteiger partial charge in [-0.3, -0.25) is 9.13 Å². The highest BCUT2D eigenvalue weighted by Crippen LogP contribution is 2.57. The van der Waals surface area contributed by atoms with Crippen LogP contribution in [-0.2, 0) is 36.7 Å². The van der Waals surface area contributed by atoms with Gasteiger partial charge in [-0.2, -0.15) is 9.78 Å². The number of carbonyl (C=O) groups excluding carboxylic acids is 2. The fourth-order valence-electron chi connectivity index (χ4n) is 12.8. The number of para-hydroxylation sites is 2. The molecule has 14 aromatic rings. The molecule has 16 rings (SSSR count). The molecule has 0 bridgehead atoms. The van der Waals surface area contributed by atoms with Crippen molar-refractivity contribution in [2.45, 2.75) is 13.2 Å². The second-order valence-corrected chi connectivity index (χ2v) is 30.8. The van der Waals surface area contributed by atoms with Crippen LogP contribution in [0.4, 0.5) is 0 Å². The lowest BCUT2D eigenvalue weighted by Crippen LogP contribution is -2.27. The van der Waals surface area contributed by atoms with Gasteiger partial charge in [-0.05, 0) is 133 Å². The van der Waals surface area contributed by atoms with Crippen molar-refractivity contribution in [3.05, 3.63) is 332 Å². The molecule has 14 aromatic carbocycles. The van der Waals surface area contributed by atoms with Crippen LogP contribution in [0.15, 0.2) is 309 Å². The highest BCUT2D eigenvalue weighted by atomic mass is 31.2. The number of hydrogen-bond acceptors (Lipinski definition) is 13. The van der Waals surface area contributed by atoms with E-state index in [-0.39, 0.29) is 52.4 Å². The van der Waals surface area contributed by atoms with Gasteiger partial charge < -0.3 is 32.9 Å². The van der Waals surface area contributed by atoms with Gasteiger partial charge in [-0.25, -0.2) is 9.59 Å². The van der Waals surface area contributed by atoms with Crippen molar-refractivity contribution < 1.29 is 61.4 Å². The number of benzene rings is 14. The number of ether oxygens (including phenoxy) is 2. The average Bonchev–Trinajstić information content (AvgIpc) is 0.740. The van der Waals surface area contributed by atoms with Crippen LogP contribution < -0.4 is 65.4 Å². The first-order valence-electron chi connectivity index (χ1n) is 31.5. The van der Waals surface area contributed by atoms with Crippen LogP contribution >= 0.6 is 21.9 Å². The molecule has 0 fully saturated rings. The van der Waals surface area contributed by atoms with Crippen molar-refractivity contribution in [2.24, 2.45) is 0 Å². The van der Waals surface area contributed by atoms with E-state index in [9.17, 15) is 9.59 Å². The lowest BCUT2D eigenvalue weighted by Gasteiger charge is -2.29. The summed E-state index contributed by atoms with van der Waals surface area (Å²) in [5, 5.41) is 8.01. The van der Waals surface area contributed by atoms with Crippen LogP contribution in [0.5, 0.6) is 34.5 Å². The monoisotopic (exact) mass is 1340 g/mol. The van der Waals surface area contributed by atoms with E-state index in [0.717, 1.165) is 49.2 Å². The molecule has 0 aliphatic carbocycles. The number of hydrogen-bond donors (Lipinski definition) is 0. The minimum Gasteiger partial charge on any atom is -0.436 e. The van der Waals surface area contributed by atoms with E-state index < -0.39 is 33.8 Å². The Kier molecular flexibility index (Phi) is 16.1. The quantitative estimate of drug-likeness (QED) is 0.0279. The number of fused-ring (bicyclic) bond motifs is 9. The molecule has 0 N–H and O–H groups in total. The molecule has 0 amide bonds. The van der Waals surface area contributed by atoms with Gasteiger partial charge in [0, 0.05) is 33.1 Å². The standard InChI is InChI=1S/C82H55O13P3/c83-81(90-61-40-48-76(93-89-53-60-23-15-21-56-18-3-5-24-66(56)60)80(50-61)98(87)78-34-14-10-29-71(78)69-27-8-12-32-74(69)95-98)58-38-44-64(45-39-58)96(85,65-46-37-55-17-1-2-20-59(55)49-65)63-42-35-54(36-43-63)52-88-92-62-41-47-75(91-82(84)72-30-16-22-57-19-4-6-25-67(57)72)79(51-62)97(86)77-33-13-9-28-70(77)68-26-7-11-31-73(68)94-97/h1-51H,52-53H2. The molecule has 13 nitrogen and oxygen atoms in total. The smallest absolute Gasteiger partial charge is 0.344 e. The Morgan fingerprint density at radius 2 is 0.857 bits per heavy atom. The first-order valence-corrected chi connectivity index (χ1v) is 36.5. The third-order valence-corrected chi connectivity index (χ3v) is 25.6. The molecule has 2 aliphatic rings. The van der Waals surface area contributed by atoms with Gasteiger partial charge in [0.2, 0.25) is 0 Å². The fraction of sp³-hybridized carbons (Fsp3) is 0.0244. The molecule has 98 heavy (non-hydrogen) atoms. The minimum atomic E-state index is -4.07.